The molecule has 0 amide bonds. The molecule has 0 aromatic rings. The van der Waals surface area contributed by atoms with Crippen molar-refractivity contribution in [1.82, 2.24) is 0 Å². The van der Waals surface area contributed by atoms with Crippen LogP contribution in [0.4, 0.5) is 0 Å². The van der Waals surface area contributed by atoms with Crippen molar-refractivity contribution in [3.05, 3.63) is 0 Å². The van der Waals surface area contributed by atoms with Crippen molar-refractivity contribution < 1.29 is 14.9 Å². The van der Waals surface area contributed by atoms with Gasteiger partial charge in [0.15, 0.2) is 0 Å². The van der Waals surface area contributed by atoms with Crippen molar-refractivity contribution in [2.24, 2.45) is 29.1 Å². The van der Waals surface area contributed by atoms with Gasteiger partial charge in [0.25, 0.3) is 0 Å². The zero-order valence-electron chi connectivity index (χ0n) is 14.6. The van der Waals surface area contributed by atoms with Crippen molar-refractivity contribution in [3.63, 3.8) is 0 Å². The summed E-state index contributed by atoms with van der Waals surface area (Å²) in [4.78, 5) is 0. The van der Waals surface area contributed by atoms with Crippen LogP contribution in [0.2, 0.25) is 0 Å². The maximum Gasteiger partial charge on any atom is 0.105 e. The fourth-order valence-corrected chi connectivity index (χ4v) is 7.49. The third-order valence-corrected chi connectivity index (χ3v) is 8.45. The van der Waals surface area contributed by atoms with Gasteiger partial charge in [-0.05, 0) is 68.6 Å². The smallest absolute Gasteiger partial charge is 0.105 e. The molecule has 3 heteroatoms. The molecule has 0 radical (unpaired) electrons. The topological polar surface area (TPSA) is 49.7 Å². The van der Waals surface area contributed by atoms with Gasteiger partial charge in [-0.15, -0.1) is 0 Å². The fraction of sp³-hybridized carbons (Fsp3) is 1.00. The van der Waals surface area contributed by atoms with Gasteiger partial charge in [0, 0.05) is 5.92 Å². The highest BCUT2D eigenvalue weighted by atomic mass is 16.6. The van der Waals surface area contributed by atoms with Crippen LogP contribution in [-0.4, -0.2) is 33.6 Å². The molecule has 2 aliphatic carbocycles. The Labute approximate surface area is 134 Å². The van der Waals surface area contributed by atoms with E-state index >= 15 is 0 Å². The van der Waals surface area contributed by atoms with Gasteiger partial charge in [0.05, 0.1) is 17.8 Å². The second-order valence-corrected chi connectivity index (χ2v) is 9.46. The monoisotopic (exact) mass is 308 g/mol. The normalized spacial score (nSPS) is 59.9. The largest absolute Gasteiger partial charge is 0.396 e. The number of aliphatic hydroxyl groups is 2. The predicted molar refractivity (Wildman–Crippen MR) is 85.4 cm³/mol. The molecule has 22 heavy (non-hydrogen) atoms. The van der Waals surface area contributed by atoms with Crippen molar-refractivity contribution in [2.75, 3.05) is 6.61 Å². The molecular weight excluding hydrogens is 276 g/mol. The molecule has 4 rings (SSSR count). The lowest BCUT2D eigenvalue weighted by Crippen LogP contribution is -2.67. The molecule has 2 bridgehead atoms. The minimum atomic E-state index is -0.828. The van der Waals surface area contributed by atoms with E-state index in [1.54, 1.807) is 0 Å². The van der Waals surface area contributed by atoms with Crippen molar-refractivity contribution in [1.29, 1.82) is 0 Å². The number of rotatable bonds is 2. The summed E-state index contributed by atoms with van der Waals surface area (Å²) in [7, 11) is 0. The summed E-state index contributed by atoms with van der Waals surface area (Å²) in [6.07, 6.45) is 6.38. The molecule has 2 saturated heterocycles. The molecule has 2 saturated carbocycles. The summed E-state index contributed by atoms with van der Waals surface area (Å²) in [5.74, 6) is 1.50. The van der Waals surface area contributed by atoms with Crippen LogP contribution in [0.5, 0.6) is 0 Å². The van der Waals surface area contributed by atoms with E-state index in [0.717, 1.165) is 32.1 Å². The van der Waals surface area contributed by atoms with E-state index in [4.69, 9.17) is 4.74 Å². The number of ether oxygens (including phenoxy) is 1. The van der Waals surface area contributed by atoms with Crippen molar-refractivity contribution in [2.45, 2.75) is 83.0 Å². The maximum absolute atomic E-state index is 12.0. The minimum absolute atomic E-state index is 0.0493. The SMILES string of the molecule is CC(C)[C@H]1CC[C@@H]2[C@]1(C)CCC13CC[C@](C)(O1)[C@H](CO)[C@]23O. The summed E-state index contributed by atoms with van der Waals surface area (Å²) in [6.45, 7) is 9.23. The van der Waals surface area contributed by atoms with E-state index in [9.17, 15) is 10.2 Å². The molecule has 2 N–H and O–H groups in total. The lowest BCUT2D eigenvalue weighted by atomic mass is 9.47. The van der Waals surface area contributed by atoms with Gasteiger partial charge in [-0.1, -0.05) is 20.8 Å². The standard InChI is InChI=1S/C19H32O3/c1-12(2)13-5-6-14-16(13,3)7-9-18-10-8-17(4,22-18)15(11-20)19(14,18)21/h12-15,20-21H,5-11H2,1-4H3/t13-,14-,15+,16-,17+,18?,19-/m1/s1. The quantitative estimate of drug-likeness (QED) is 0.824. The maximum atomic E-state index is 12.0. The number of fused-ring (bicyclic) bond motifs is 3. The van der Waals surface area contributed by atoms with Crippen LogP contribution >= 0.6 is 0 Å². The van der Waals surface area contributed by atoms with Crippen LogP contribution in [-0.2, 0) is 4.74 Å². The molecule has 126 valence electrons. The third-order valence-electron chi connectivity index (χ3n) is 8.45. The minimum Gasteiger partial charge on any atom is -0.396 e. The number of hydrogen-bond acceptors (Lipinski definition) is 3. The first-order valence-electron chi connectivity index (χ1n) is 9.27. The predicted octanol–water partition coefficient (Wildman–Crippen LogP) is 3.13. The first-order chi connectivity index (χ1) is 10.2. The van der Waals surface area contributed by atoms with E-state index in [0.29, 0.717) is 11.8 Å². The highest BCUT2D eigenvalue weighted by Crippen LogP contribution is 2.73. The van der Waals surface area contributed by atoms with Gasteiger partial charge in [-0.25, -0.2) is 0 Å². The Morgan fingerprint density at radius 1 is 1.09 bits per heavy atom. The number of hydrogen-bond donors (Lipinski definition) is 2. The van der Waals surface area contributed by atoms with Gasteiger partial charge >= 0.3 is 0 Å². The van der Waals surface area contributed by atoms with Crippen LogP contribution in [0.3, 0.4) is 0 Å². The van der Waals surface area contributed by atoms with Crippen LogP contribution in [0.15, 0.2) is 0 Å². The second-order valence-electron chi connectivity index (χ2n) is 9.46. The molecule has 4 aliphatic rings. The first-order valence-corrected chi connectivity index (χ1v) is 9.27. The molecule has 2 aliphatic heterocycles. The van der Waals surface area contributed by atoms with Crippen LogP contribution < -0.4 is 0 Å². The molecule has 7 atom stereocenters. The van der Waals surface area contributed by atoms with E-state index in [2.05, 4.69) is 27.7 Å². The molecule has 3 nitrogen and oxygen atoms in total. The summed E-state index contributed by atoms with van der Waals surface area (Å²) < 4.78 is 6.50. The highest BCUT2D eigenvalue weighted by Gasteiger charge is 2.79. The van der Waals surface area contributed by atoms with Gasteiger partial charge in [-0.3, -0.25) is 0 Å². The summed E-state index contributed by atoms with van der Waals surface area (Å²) in [5.41, 5.74) is -1.34. The lowest BCUT2D eigenvalue weighted by Gasteiger charge is -2.58. The van der Waals surface area contributed by atoms with E-state index < -0.39 is 5.60 Å². The van der Waals surface area contributed by atoms with E-state index in [1.807, 2.05) is 0 Å². The summed E-state index contributed by atoms with van der Waals surface area (Å²) in [6, 6.07) is 0. The Morgan fingerprint density at radius 2 is 1.77 bits per heavy atom. The van der Waals surface area contributed by atoms with Gasteiger partial charge < -0.3 is 14.9 Å². The van der Waals surface area contributed by atoms with Gasteiger partial charge in [-0.2, -0.15) is 0 Å². The molecule has 1 unspecified atom stereocenters. The average Bonchev–Trinajstić information content (AvgIpc) is 3.02. The first kappa shape index (κ1) is 15.4. The summed E-state index contributed by atoms with van der Waals surface area (Å²) in [5, 5.41) is 22.1. The molecule has 1 spiro atoms. The van der Waals surface area contributed by atoms with Crippen LogP contribution in [0.25, 0.3) is 0 Å². The Bertz CT molecular complexity index is 491. The average molecular weight is 308 g/mol. The molecular formula is C19H32O3. The van der Waals surface area contributed by atoms with Gasteiger partial charge in [0.1, 0.15) is 5.60 Å². The van der Waals surface area contributed by atoms with Crippen molar-refractivity contribution >= 4 is 0 Å². The lowest BCUT2D eigenvalue weighted by molar-refractivity contribution is -0.216. The number of aliphatic hydroxyl groups excluding tert-OH is 1. The van der Waals surface area contributed by atoms with E-state index in [1.165, 1.54) is 6.42 Å². The van der Waals surface area contributed by atoms with Gasteiger partial charge in [0.2, 0.25) is 0 Å². The van der Waals surface area contributed by atoms with E-state index in [-0.39, 0.29) is 35.1 Å². The molecule has 0 aromatic heterocycles. The second kappa shape index (κ2) is 4.29. The highest BCUT2D eigenvalue weighted by molar-refractivity contribution is 5.28. The fourth-order valence-electron chi connectivity index (χ4n) is 7.49. The zero-order valence-corrected chi connectivity index (χ0v) is 14.6. The van der Waals surface area contributed by atoms with Crippen molar-refractivity contribution in [3.8, 4) is 0 Å². The Balaban J connectivity index is 1.81. The third kappa shape index (κ3) is 1.45. The Hall–Kier alpha value is -0.120. The molecule has 0 aromatic carbocycles. The summed E-state index contributed by atoms with van der Waals surface area (Å²) >= 11 is 0. The molecule has 2 heterocycles. The van der Waals surface area contributed by atoms with Crippen LogP contribution in [0, 0.1) is 29.1 Å². The molecule has 4 fully saturated rings. The Morgan fingerprint density at radius 3 is 2.41 bits per heavy atom. The van der Waals surface area contributed by atoms with Crippen LogP contribution in [0.1, 0.15) is 66.2 Å². The Kier molecular flexibility index (Phi) is 3.00. The zero-order chi connectivity index (χ0) is 16.0.